The van der Waals surface area contributed by atoms with E-state index in [2.05, 4.69) is 10.9 Å². The van der Waals surface area contributed by atoms with Crippen molar-refractivity contribution in [1.29, 1.82) is 5.26 Å². The molecule has 0 radical (unpaired) electrons. The maximum Gasteiger partial charge on any atom is 0.124 e. The minimum atomic E-state index is 0.302. The molecule has 14 heavy (non-hydrogen) atoms. The third-order valence-corrected chi connectivity index (χ3v) is 1.87. The van der Waals surface area contributed by atoms with Crippen LogP contribution in [0, 0.1) is 11.3 Å². The van der Waals surface area contributed by atoms with Gasteiger partial charge in [0.1, 0.15) is 5.75 Å². The van der Waals surface area contributed by atoms with Crippen molar-refractivity contribution in [2.75, 3.05) is 7.11 Å². The molecule has 0 aromatic heterocycles. The highest BCUT2D eigenvalue weighted by Gasteiger charge is 2.03. The van der Waals surface area contributed by atoms with Crippen molar-refractivity contribution >= 4 is 0 Å². The summed E-state index contributed by atoms with van der Waals surface area (Å²) in [6.07, 6.45) is 0.375. The lowest BCUT2D eigenvalue weighted by Gasteiger charge is -2.08. The minimum absolute atomic E-state index is 0.302. The molecule has 1 aromatic rings. The van der Waals surface area contributed by atoms with Gasteiger partial charge in [-0.15, -0.1) is 0 Å². The van der Waals surface area contributed by atoms with Gasteiger partial charge in [-0.2, -0.15) is 5.26 Å². The third-order valence-electron chi connectivity index (χ3n) is 1.87. The van der Waals surface area contributed by atoms with Crippen LogP contribution in [0.5, 0.6) is 5.75 Å². The van der Waals surface area contributed by atoms with Crippen LogP contribution in [0.2, 0.25) is 0 Å². The third kappa shape index (κ3) is 2.46. The summed E-state index contributed by atoms with van der Waals surface area (Å²) in [6.45, 7) is 0.302. The first-order chi connectivity index (χ1) is 6.81. The van der Waals surface area contributed by atoms with Crippen LogP contribution in [0.4, 0.5) is 0 Å². The summed E-state index contributed by atoms with van der Waals surface area (Å²) >= 11 is 0. The van der Waals surface area contributed by atoms with E-state index in [-0.39, 0.29) is 0 Å². The summed E-state index contributed by atoms with van der Waals surface area (Å²) in [5, 5.41) is 8.52. The van der Waals surface area contributed by atoms with E-state index in [0.717, 1.165) is 11.1 Å². The van der Waals surface area contributed by atoms with Crippen LogP contribution >= 0.6 is 0 Å². The maximum absolute atomic E-state index is 8.52. The molecule has 0 saturated carbocycles. The number of benzene rings is 1. The van der Waals surface area contributed by atoms with E-state index in [1.807, 2.05) is 18.2 Å². The average Bonchev–Trinajstić information content (AvgIpc) is 2.21. The predicted molar refractivity (Wildman–Crippen MR) is 51.3 cm³/mol. The van der Waals surface area contributed by atoms with Crippen molar-refractivity contribution in [3.8, 4) is 11.8 Å². The van der Waals surface area contributed by atoms with Crippen molar-refractivity contribution < 1.29 is 9.57 Å². The smallest absolute Gasteiger partial charge is 0.124 e. The number of hydrogen-bond donors (Lipinski definition) is 1. The molecule has 0 saturated heterocycles. The topological polar surface area (TPSA) is 68.3 Å². The Morgan fingerprint density at radius 2 is 2.29 bits per heavy atom. The number of methoxy groups -OCH3 is 1. The Bertz CT molecular complexity index is 344. The zero-order valence-electron chi connectivity index (χ0n) is 7.99. The molecule has 0 heterocycles. The molecule has 0 aliphatic heterocycles. The standard InChI is InChI=1S/C10H12N2O2/c1-13-10-6-8(4-5-11)2-3-9(10)7-14-12/h2-3,6H,4,7,12H2,1H3. The molecular formula is C10H12N2O2. The Morgan fingerprint density at radius 3 is 2.86 bits per heavy atom. The second-order valence-electron chi connectivity index (χ2n) is 2.79. The second kappa shape index (κ2) is 5.22. The molecule has 0 amide bonds. The molecule has 0 bridgehead atoms. The van der Waals surface area contributed by atoms with Gasteiger partial charge in [-0.1, -0.05) is 12.1 Å². The van der Waals surface area contributed by atoms with E-state index in [9.17, 15) is 0 Å². The Hall–Kier alpha value is -1.57. The molecule has 74 valence electrons. The summed E-state index contributed by atoms with van der Waals surface area (Å²) in [5.74, 6) is 5.67. The fourth-order valence-electron chi connectivity index (χ4n) is 1.20. The van der Waals surface area contributed by atoms with Crippen molar-refractivity contribution in [2.24, 2.45) is 5.90 Å². The fraction of sp³-hybridized carbons (Fsp3) is 0.300. The highest BCUT2D eigenvalue weighted by atomic mass is 16.6. The van der Waals surface area contributed by atoms with Gasteiger partial charge in [0.25, 0.3) is 0 Å². The van der Waals surface area contributed by atoms with Gasteiger partial charge in [-0.3, -0.25) is 4.84 Å². The normalized spacial score (nSPS) is 9.50. The number of nitrogens with two attached hydrogens (primary N) is 1. The fourth-order valence-corrected chi connectivity index (χ4v) is 1.20. The van der Waals surface area contributed by atoms with Crippen LogP contribution in [0.15, 0.2) is 18.2 Å². The summed E-state index contributed by atoms with van der Waals surface area (Å²) in [5.41, 5.74) is 1.79. The zero-order valence-corrected chi connectivity index (χ0v) is 7.99. The molecule has 0 unspecified atom stereocenters. The summed E-state index contributed by atoms with van der Waals surface area (Å²) in [7, 11) is 1.57. The molecule has 0 spiro atoms. The second-order valence-corrected chi connectivity index (χ2v) is 2.79. The van der Waals surface area contributed by atoms with Gasteiger partial charge in [0.2, 0.25) is 0 Å². The first-order valence-corrected chi connectivity index (χ1v) is 4.16. The predicted octanol–water partition coefficient (Wildman–Crippen LogP) is 1.15. The lowest BCUT2D eigenvalue weighted by molar-refractivity contribution is 0.122. The van der Waals surface area contributed by atoms with Gasteiger partial charge >= 0.3 is 0 Å². The molecule has 0 atom stereocenters. The van der Waals surface area contributed by atoms with Crippen molar-refractivity contribution in [1.82, 2.24) is 0 Å². The number of nitriles is 1. The molecule has 0 fully saturated rings. The van der Waals surface area contributed by atoms with E-state index >= 15 is 0 Å². The van der Waals surface area contributed by atoms with Crippen LogP contribution < -0.4 is 10.6 Å². The molecule has 4 nitrogen and oxygen atoms in total. The Kier molecular flexibility index (Phi) is 3.92. The van der Waals surface area contributed by atoms with Crippen LogP contribution in [0.25, 0.3) is 0 Å². The van der Waals surface area contributed by atoms with Gasteiger partial charge in [0.05, 0.1) is 26.2 Å². The summed E-state index contributed by atoms with van der Waals surface area (Å²) in [6, 6.07) is 7.60. The monoisotopic (exact) mass is 192 g/mol. The zero-order chi connectivity index (χ0) is 10.4. The van der Waals surface area contributed by atoms with Crippen molar-refractivity contribution in [2.45, 2.75) is 13.0 Å². The molecule has 1 aromatic carbocycles. The van der Waals surface area contributed by atoms with Gasteiger partial charge in [-0.25, -0.2) is 5.90 Å². The lowest BCUT2D eigenvalue weighted by Crippen LogP contribution is -2.01. The van der Waals surface area contributed by atoms with Crippen LogP contribution in [-0.2, 0) is 17.9 Å². The van der Waals surface area contributed by atoms with Gasteiger partial charge in [0, 0.05) is 5.56 Å². The Balaban J connectivity index is 2.94. The Labute approximate surface area is 82.8 Å². The lowest BCUT2D eigenvalue weighted by atomic mass is 10.1. The molecule has 0 aliphatic rings. The largest absolute Gasteiger partial charge is 0.496 e. The number of nitrogens with zero attached hydrogens (tertiary/aromatic N) is 1. The molecule has 4 heteroatoms. The van der Waals surface area contributed by atoms with E-state index < -0.39 is 0 Å². The first kappa shape index (κ1) is 10.5. The SMILES string of the molecule is COc1cc(CC#N)ccc1CON. The first-order valence-electron chi connectivity index (χ1n) is 4.16. The Morgan fingerprint density at radius 1 is 1.50 bits per heavy atom. The number of ether oxygens (including phenoxy) is 1. The van der Waals surface area contributed by atoms with E-state index in [4.69, 9.17) is 15.9 Å². The molecule has 2 N–H and O–H groups in total. The molecular weight excluding hydrogens is 180 g/mol. The van der Waals surface area contributed by atoms with Crippen molar-refractivity contribution in [3.05, 3.63) is 29.3 Å². The van der Waals surface area contributed by atoms with Gasteiger partial charge in [-0.05, 0) is 11.6 Å². The van der Waals surface area contributed by atoms with Gasteiger partial charge in [0.15, 0.2) is 0 Å². The van der Waals surface area contributed by atoms with Crippen molar-refractivity contribution in [3.63, 3.8) is 0 Å². The molecule has 0 aliphatic carbocycles. The average molecular weight is 192 g/mol. The summed E-state index contributed by atoms with van der Waals surface area (Å²) in [4.78, 5) is 4.53. The molecule has 1 rings (SSSR count). The van der Waals surface area contributed by atoms with E-state index in [0.29, 0.717) is 18.8 Å². The minimum Gasteiger partial charge on any atom is -0.496 e. The van der Waals surface area contributed by atoms with Crippen LogP contribution in [0.3, 0.4) is 0 Å². The maximum atomic E-state index is 8.52. The van der Waals surface area contributed by atoms with Gasteiger partial charge < -0.3 is 4.74 Å². The van der Waals surface area contributed by atoms with E-state index in [1.54, 1.807) is 7.11 Å². The highest BCUT2D eigenvalue weighted by Crippen LogP contribution is 2.20. The highest BCUT2D eigenvalue weighted by molar-refractivity contribution is 5.38. The quantitative estimate of drug-likeness (QED) is 0.726. The van der Waals surface area contributed by atoms with Crippen LogP contribution in [0.1, 0.15) is 11.1 Å². The summed E-state index contributed by atoms with van der Waals surface area (Å²) < 4.78 is 5.14. The number of rotatable bonds is 4. The number of hydrogen-bond acceptors (Lipinski definition) is 4. The van der Waals surface area contributed by atoms with E-state index in [1.165, 1.54) is 0 Å². The van der Waals surface area contributed by atoms with Crippen LogP contribution in [-0.4, -0.2) is 7.11 Å².